The molecule has 0 aromatic heterocycles. The largest absolute Gasteiger partial charge is 0.481 e. The minimum Gasteiger partial charge on any atom is -0.481 e. The molecule has 3 heteroatoms. The number of nitrogens with two attached hydrogens (primary N) is 1. The van der Waals surface area contributed by atoms with E-state index in [-0.39, 0.29) is 12.0 Å². The highest BCUT2D eigenvalue weighted by Gasteiger charge is 2.18. The molecule has 1 aliphatic carbocycles. The minimum atomic E-state index is -0.763. The highest BCUT2D eigenvalue weighted by atomic mass is 16.4. The van der Waals surface area contributed by atoms with E-state index < -0.39 is 5.97 Å². The van der Waals surface area contributed by atoms with Gasteiger partial charge in [-0.15, -0.1) is 0 Å². The highest BCUT2D eigenvalue weighted by Crippen LogP contribution is 2.24. The molecule has 0 amide bonds. The standard InChI is InChI=1S/C13H21NO2/c1-9-5-3-4-6-11(9)8-12(14)7-10(2)13(15)16/h3-4,6,9-10,12H,5,7-8,14H2,1-2H3,(H,15,16)/t9?,10-,12+/m0/s1. The lowest BCUT2D eigenvalue weighted by Gasteiger charge is -2.21. The Morgan fingerprint density at radius 1 is 1.69 bits per heavy atom. The molecule has 90 valence electrons. The van der Waals surface area contributed by atoms with E-state index in [2.05, 4.69) is 25.2 Å². The number of aliphatic carboxylic acids is 1. The molecule has 0 heterocycles. The quantitative estimate of drug-likeness (QED) is 0.752. The Bertz CT molecular complexity index is 307. The van der Waals surface area contributed by atoms with Crippen molar-refractivity contribution >= 4 is 5.97 Å². The third kappa shape index (κ3) is 3.81. The van der Waals surface area contributed by atoms with Crippen LogP contribution in [-0.4, -0.2) is 17.1 Å². The second-order valence-corrected chi connectivity index (χ2v) is 4.75. The predicted octanol–water partition coefficient (Wildman–Crippen LogP) is 2.34. The molecule has 0 aromatic carbocycles. The Hall–Kier alpha value is -1.09. The third-order valence-corrected chi connectivity index (χ3v) is 3.14. The van der Waals surface area contributed by atoms with Crippen molar-refractivity contribution in [3.8, 4) is 0 Å². The number of rotatable bonds is 5. The molecule has 0 radical (unpaired) electrons. The minimum absolute atomic E-state index is 0.0497. The summed E-state index contributed by atoms with van der Waals surface area (Å²) in [6.45, 7) is 3.89. The van der Waals surface area contributed by atoms with Gasteiger partial charge in [-0.1, -0.05) is 37.6 Å². The van der Waals surface area contributed by atoms with Crippen LogP contribution in [0, 0.1) is 11.8 Å². The Balaban J connectivity index is 2.44. The van der Waals surface area contributed by atoms with Gasteiger partial charge in [0.25, 0.3) is 0 Å². The smallest absolute Gasteiger partial charge is 0.306 e. The van der Waals surface area contributed by atoms with Crippen molar-refractivity contribution in [2.45, 2.75) is 39.2 Å². The Morgan fingerprint density at radius 3 is 2.94 bits per heavy atom. The van der Waals surface area contributed by atoms with Crippen LogP contribution in [0.4, 0.5) is 0 Å². The molecule has 16 heavy (non-hydrogen) atoms. The predicted molar refractivity (Wildman–Crippen MR) is 65.0 cm³/mol. The summed E-state index contributed by atoms with van der Waals surface area (Å²) in [7, 11) is 0. The second-order valence-electron chi connectivity index (χ2n) is 4.75. The van der Waals surface area contributed by atoms with Gasteiger partial charge in [0.15, 0.2) is 0 Å². The van der Waals surface area contributed by atoms with Crippen LogP contribution in [-0.2, 0) is 4.79 Å². The molecule has 0 fully saturated rings. The molecular weight excluding hydrogens is 202 g/mol. The van der Waals surface area contributed by atoms with Crippen LogP contribution < -0.4 is 5.73 Å². The molecule has 0 aliphatic heterocycles. The molecule has 0 aromatic rings. The van der Waals surface area contributed by atoms with E-state index in [1.807, 2.05) is 0 Å². The van der Waals surface area contributed by atoms with Crippen molar-refractivity contribution in [1.82, 2.24) is 0 Å². The lowest BCUT2D eigenvalue weighted by molar-refractivity contribution is -0.141. The van der Waals surface area contributed by atoms with Crippen LogP contribution in [0.25, 0.3) is 0 Å². The lowest BCUT2D eigenvalue weighted by atomic mass is 9.87. The van der Waals surface area contributed by atoms with E-state index in [1.54, 1.807) is 6.92 Å². The molecule has 0 bridgehead atoms. The molecule has 0 saturated heterocycles. The first-order valence-corrected chi connectivity index (χ1v) is 5.84. The summed E-state index contributed by atoms with van der Waals surface area (Å²) in [6.07, 6.45) is 8.74. The van der Waals surface area contributed by atoms with Crippen molar-refractivity contribution in [3.05, 3.63) is 23.8 Å². The molecule has 1 unspecified atom stereocenters. The van der Waals surface area contributed by atoms with Crippen LogP contribution in [0.2, 0.25) is 0 Å². The van der Waals surface area contributed by atoms with Crippen molar-refractivity contribution in [1.29, 1.82) is 0 Å². The van der Waals surface area contributed by atoms with Crippen molar-refractivity contribution in [2.24, 2.45) is 17.6 Å². The van der Waals surface area contributed by atoms with Crippen LogP contribution in [0.3, 0.4) is 0 Å². The highest BCUT2D eigenvalue weighted by molar-refractivity contribution is 5.69. The maximum atomic E-state index is 10.7. The number of carboxylic acids is 1. The zero-order valence-electron chi connectivity index (χ0n) is 10.0. The first kappa shape index (κ1) is 13.0. The van der Waals surface area contributed by atoms with E-state index in [0.29, 0.717) is 12.3 Å². The number of allylic oxidation sites excluding steroid dienone is 3. The molecule has 1 rings (SSSR count). The van der Waals surface area contributed by atoms with Gasteiger partial charge < -0.3 is 10.8 Å². The van der Waals surface area contributed by atoms with Gasteiger partial charge in [-0.05, 0) is 25.2 Å². The van der Waals surface area contributed by atoms with E-state index in [4.69, 9.17) is 10.8 Å². The van der Waals surface area contributed by atoms with Crippen LogP contribution in [0.15, 0.2) is 23.8 Å². The number of hydrogen-bond donors (Lipinski definition) is 2. The monoisotopic (exact) mass is 223 g/mol. The number of carbonyl (C=O) groups is 1. The van der Waals surface area contributed by atoms with E-state index in [0.717, 1.165) is 12.8 Å². The molecule has 1 aliphatic rings. The Labute approximate surface area is 97.0 Å². The summed E-state index contributed by atoms with van der Waals surface area (Å²) in [5.41, 5.74) is 7.32. The van der Waals surface area contributed by atoms with Gasteiger partial charge in [-0.25, -0.2) is 0 Å². The fraction of sp³-hybridized carbons (Fsp3) is 0.615. The van der Waals surface area contributed by atoms with Gasteiger partial charge >= 0.3 is 5.97 Å². The van der Waals surface area contributed by atoms with Gasteiger partial charge in [-0.3, -0.25) is 4.79 Å². The number of hydrogen-bond acceptors (Lipinski definition) is 2. The fourth-order valence-corrected chi connectivity index (χ4v) is 2.00. The van der Waals surface area contributed by atoms with Crippen molar-refractivity contribution in [3.63, 3.8) is 0 Å². The normalized spacial score (nSPS) is 23.7. The van der Waals surface area contributed by atoms with Crippen molar-refractivity contribution in [2.75, 3.05) is 0 Å². The molecule has 3 atom stereocenters. The average molecular weight is 223 g/mol. The molecular formula is C13H21NO2. The first-order chi connectivity index (χ1) is 7.50. The van der Waals surface area contributed by atoms with Crippen LogP contribution >= 0.6 is 0 Å². The first-order valence-electron chi connectivity index (χ1n) is 5.84. The van der Waals surface area contributed by atoms with Crippen LogP contribution in [0.1, 0.15) is 33.1 Å². The molecule has 3 nitrogen and oxygen atoms in total. The van der Waals surface area contributed by atoms with Gasteiger partial charge in [0.1, 0.15) is 0 Å². The summed E-state index contributed by atoms with van der Waals surface area (Å²) in [4.78, 5) is 10.7. The SMILES string of the molecule is CC1CC=CC=C1C[C@H](N)C[C@H](C)C(=O)O. The maximum Gasteiger partial charge on any atom is 0.306 e. The molecule has 3 N–H and O–H groups in total. The topological polar surface area (TPSA) is 63.3 Å². The summed E-state index contributed by atoms with van der Waals surface area (Å²) in [6, 6.07) is -0.0497. The average Bonchev–Trinajstić information content (AvgIpc) is 2.21. The van der Waals surface area contributed by atoms with Gasteiger partial charge in [0.2, 0.25) is 0 Å². The zero-order valence-corrected chi connectivity index (χ0v) is 10.0. The van der Waals surface area contributed by atoms with E-state index in [9.17, 15) is 4.79 Å². The second kappa shape index (κ2) is 5.85. The van der Waals surface area contributed by atoms with E-state index >= 15 is 0 Å². The maximum absolute atomic E-state index is 10.7. The van der Waals surface area contributed by atoms with Crippen LogP contribution in [0.5, 0.6) is 0 Å². The molecule has 0 saturated carbocycles. The van der Waals surface area contributed by atoms with Crippen molar-refractivity contribution < 1.29 is 9.90 Å². The summed E-state index contributed by atoms with van der Waals surface area (Å²) in [5, 5.41) is 8.81. The third-order valence-electron chi connectivity index (χ3n) is 3.14. The summed E-state index contributed by atoms with van der Waals surface area (Å²) in [5.74, 6) is -0.581. The lowest BCUT2D eigenvalue weighted by Crippen LogP contribution is -2.27. The van der Waals surface area contributed by atoms with E-state index in [1.165, 1.54) is 5.57 Å². The fourth-order valence-electron chi connectivity index (χ4n) is 2.00. The zero-order chi connectivity index (χ0) is 12.1. The summed E-state index contributed by atoms with van der Waals surface area (Å²) >= 11 is 0. The van der Waals surface area contributed by atoms with Gasteiger partial charge in [-0.2, -0.15) is 0 Å². The molecule has 0 spiro atoms. The Kier molecular flexibility index (Phi) is 4.74. The summed E-state index contributed by atoms with van der Waals surface area (Å²) < 4.78 is 0. The van der Waals surface area contributed by atoms with Gasteiger partial charge in [0, 0.05) is 6.04 Å². The number of carboxylic acid groups (broad SMARTS) is 1. The van der Waals surface area contributed by atoms with Gasteiger partial charge in [0.05, 0.1) is 5.92 Å². The Morgan fingerprint density at radius 2 is 2.38 bits per heavy atom.